The van der Waals surface area contributed by atoms with E-state index in [9.17, 15) is 14.7 Å². The minimum Gasteiger partial charge on any atom is -0.508 e. The van der Waals surface area contributed by atoms with Crippen molar-refractivity contribution in [2.24, 2.45) is 42.1 Å². The number of phenols is 1. The maximum Gasteiger partial charge on any atom is 0.242 e. The Morgan fingerprint density at radius 1 is 0.902 bits per heavy atom. The summed E-state index contributed by atoms with van der Waals surface area (Å²) >= 11 is 7.93. The van der Waals surface area contributed by atoms with Gasteiger partial charge in [-0.3, -0.25) is 28.8 Å². The minimum atomic E-state index is -1.27. The Morgan fingerprint density at radius 3 is 2.46 bits per heavy atom. The van der Waals surface area contributed by atoms with Gasteiger partial charge < -0.3 is 19.5 Å². The molecule has 1 saturated carbocycles. The number of carbonyl (C=O) groups excluding carboxylic acids is 4. The number of benzene rings is 3. The van der Waals surface area contributed by atoms with E-state index in [0.29, 0.717) is 54.0 Å². The average molecular weight is 856 g/mol. The van der Waals surface area contributed by atoms with Crippen molar-refractivity contribution >= 4 is 73.8 Å². The molecule has 3 aromatic carbocycles. The van der Waals surface area contributed by atoms with E-state index in [2.05, 4.69) is 4.90 Å². The molecule has 4 fully saturated rings. The summed E-state index contributed by atoms with van der Waals surface area (Å²) < 4.78 is 14.3. The molecule has 0 unspecified atom stereocenters. The summed E-state index contributed by atoms with van der Waals surface area (Å²) in [5.74, 6) is -3.52. The molecular formula is C47H42ClN5O7S. The summed E-state index contributed by atoms with van der Waals surface area (Å²) in [5.41, 5.74) is 4.27. The predicted molar refractivity (Wildman–Crippen MR) is 232 cm³/mol. The first kappa shape index (κ1) is 38.2. The zero-order chi connectivity index (χ0) is 42.1. The first-order valence-electron chi connectivity index (χ1n) is 20.7. The van der Waals surface area contributed by atoms with Crippen molar-refractivity contribution < 1.29 is 33.8 Å². The lowest BCUT2D eigenvalue weighted by Crippen LogP contribution is -2.51. The predicted octanol–water partition coefficient (Wildman–Crippen LogP) is 7.59. The first-order valence-corrected chi connectivity index (χ1v) is 21.9. The van der Waals surface area contributed by atoms with E-state index in [1.165, 1.54) is 9.80 Å². The number of morpholine rings is 1. The van der Waals surface area contributed by atoms with Crippen molar-refractivity contribution in [1.29, 1.82) is 0 Å². The molecule has 5 aromatic rings. The van der Waals surface area contributed by atoms with E-state index in [1.54, 1.807) is 53.6 Å². The highest BCUT2D eigenvalue weighted by Gasteiger charge is 2.68. The van der Waals surface area contributed by atoms with Crippen molar-refractivity contribution in [3.8, 4) is 22.1 Å². The number of imide groups is 2. The topological polar surface area (TPSA) is 135 Å². The lowest BCUT2D eigenvalue weighted by molar-refractivity contribution is -0.132. The van der Waals surface area contributed by atoms with E-state index in [0.717, 1.165) is 56.0 Å². The van der Waals surface area contributed by atoms with Crippen LogP contribution in [0.15, 0.2) is 90.2 Å². The lowest BCUT2D eigenvalue weighted by atomic mass is 9.51. The Hall–Kier alpha value is -5.76. The van der Waals surface area contributed by atoms with E-state index in [4.69, 9.17) is 26.2 Å². The van der Waals surface area contributed by atoms with Crippen LogP contribution in [0.5, 0.6) is 11.5 Å². The highest BCUT2D eigenvalue weighted by Crippen LogP contribution is 2.63. The SMILES string of the molecule is Cc1c(-c2cc(N3C(=O)[C@@H]4C[C@@H]5C(=CC[C@@H]6C(=O)N(c7ccc(N8CCOCC8)cc7)C(=O)[C@@H]65)[C@H](C5=COc6ccc(O)cc6C5)[C@]4(C)C3=O)n(C)n2)sc2ccc(Cl)cc12. The lowest BCUT2D eigenvalue weighted by Gasteiger charge is -2.49. The molecule has 1 N–H and O–H groups in total. The van der Waals surface area contributed by atoms with E-state index < -0.39 is 35.0 Å². The van der Waals surface area contributed by atoms with Crippen LogP contribution in [0.1, 0.15) is 30.9 Å². The van der Waals surface area contributed by atoms with Gasteiger partial charge in [-0.15, -0.1) is 11.3 Å². The number of phenolic OH excluding ortho intramolecular Hbond substituents is 1. The number of hydrogen-bond acceptors (Lipinski definition) is 10. The zero-order valence-corrected chi connectivity index (χ0v) is 35.3. The van der Waals surface area contributed by atoms with Crippen molar-refractivity contribution in [2.45, 2.75) is 33.1 Å². The van der Waals surface area contributed by atoms with Crippen LogP contribution in [0.2, 0.25) is 5.02 Å². The largest absolute Gasteiger partial charge is 0.508 e. The second kappa shape index (κ2) is 13.9. The number of amides is 4. The summed E-state index contributed by atoms with van der Waals surface area (Å²) in [4.78, 5) is 65.3. The minimum absolute atomic E-state index is 0.0874. The van der Waals surface area contributed by atoms with Crippen molar-refractivity contribution in [3.05, 3.63) is 106 Å². The molecule has 6 heterocycles. The molecule has 12 nitrogen and oxygen atoms in total. The second-order valence-electron chi connectivity index (χ2n) is 17.3. The van der Waals surface area contributed by atoms with Gasteiger partial charge in [0, 0.05) is 59.5 Å². The molecule has 310 valence electrons. The van der Waals surface area contributed by atoms with Crippen LogP contribution in [-0.2, 0) is 37.4 Å². The number of thiophene rings is 1. The molecule has 2 aliphatic carbocycles. The summed E-state index contributed by atoms with van der Waals surface area (Å²) in [6.07, 6.45) is 4.62. The number of anilines is 3. The summed E-state index contributed by atoms with van der Waals surface area (Å²) in [6.45, 7) is 6.69. The number of hydrogen-bond donors (Lipinski definition) is 1. The number of aryl methyl sites for hydroxylation is 2. The molecule has 6 atom stereocenters. The number of halogens is 1. The highest BCUT2D eigenvalue weighted by atomic mass is 35.5. The quantitative estimate of drug-likeness (QED) is 0.140. The number of aromatic nitrogens is 2. The van der Waals surface area contributed by atoms with Gasteiger partial charge in [0.15, 0.2) is 0 Å². The van der Waals surface area contributed by atoms with Crippen LogP contribution in [0.4, 0.5) is 17.2 Å². The Balaban J connectivity index is 0.979. The zero-order valence-electron chi connectivity index (χ0n) is 33.8. The number of aromatic hydroxyl groups is 1. The van der Waals surface area contributed by atoms with Crippen LogP contribution in [0.3, 0.4) is 0 Å². The van der Waals surface area contributed by atoms with Gasteiger partial charge in [0.2, 0.25) is 23.6 Å². The molecule has 14 heteroatoms. The monoisotopic (exact) mass is 855 g/mol. The molecule has 4 aliphatic heterocycles. The highest BCUT2D eigenvalue weighted by molar-refractivity contribution is 7.22. The fourth-order valence-electron chi connectivity index (χ4n) is 11.2. The Labute approximate surface area is 360 Å². The Kier molecular flexibility index (Phi) is 8.69. The number of rotatable bonds is 5. The van der Waals surface area contributed by atoms with Crippen molar-refractivity contribution in [1.82, 2.24) is 9.78 Å². The molecule has 0 bridgehead atoms. The van der Waals surface area contributed by atoms with Gasteiger partial charge in [-0.05, 0) is 110 Å². The van der Waals surface area contributed by atoms with Crippen LogP contribution in [-0.4, -0.2) is 64.8 Å². The molecule has 2 aromatic heterocycles. The third kappa shape index (κ3) is 5.62. The fourth-order valence-corrected chi connectivity index (χ4v) is 12.5. The van der Waals surface area contributed by atoms with Crippen LogP contribution >= 0.6 is 22.9 Å². The smallest absolute Gasteiger partial charge is 0.242 e. The second-order valence-corrected chi connectivity index (χ2v) is 18.8. The van der Waals surface area contributed by atoms with Gasteiger partial charge in [0.25, 0.3) is 0 Å². The van der Waals surface area contributed by atoms with Gasteiger partial charge >= 0.3 is 0 Å². The molecule has 61 heavy (non-hydrogen) atoms. The van der Waals surface area contributed by atoms with Crippen LogP contribution < -0.4 is 19.4 Å². The molecule has 0 radical (unpaired) electrons. The molecule has 4 amide bonds. The van der Waals surface area contributed by atoms with E-state index in [-0.39, 0.29) is 35.8 Å². The van der Waals surface area contributed by atoms with Gasteiger partial charge in [0.05, 0.1) is 53.2 Å². The Bertz CT molecular complexity index is 2800. The average Bonchev–Trinajstić information content (AvgIpc) is 3.93. The van der Waals surface area contributed by atoms with Crippen LogP contribution in [0, 0.1) is 41.9 Å². The Morgan fingerprint density at radius 2 is 1.67 bits per heavy atom. The van der Waals surface area contributed by atoms with E-state index in [1.807, 2.05) is 62.4 Å². The number of allylic oxidation sites excluding steroid dienone is 3. The molecule has 11 rings (SSSR count). The van der Waals surface area contributed by atoms with Crippen LogP contribution in [0.25, 0.3) is 20.7 Å². The third-order valence-electron chi connectivity index (χ3n) is 14.1. The van der Waals surface area contributed by atoms with Gasteiger partial charge in [-0.25, -0.2) is 4.90 Å². The number of carbonyl (C=O) groups is 4. The number of nitrogens with zero attached hydrogens (tertiary/aromatic N) is 5. The maximum atomic E-state index is 15.3. The van der Waals surface area contributed by atoms with Crippen molar-refractivity contribution in [3.63, 3.8) is 0 Å². The van der Waals surface area contributed by atoms with Gasteiger partial charge in [0.1, 0.15) is 23.0 Å². The summed E-state index contributed by atoms with van der Waals surface area (Å²) in [5, 5.41) is 17.0. The summed E-state index contributed by atoms with van der Waals surface area (Å²) in [6, 6.07) is 20.1. The first-order chi connectivity index (χ1) is 29.4. The molecule has 0 spiro atoms. The van der Waals surface area contributed by atoms with Gasteiger partial charge in [-0.2, -0.15) is 5.10 Å². The normalized spacial score (nSPS) is 27.1. The van der Waals surface area contributed by atoms with Crippen molar-refractivity contribution in [2.75, 3.05) is 41.0 Å². The van der Waals surface area contributed by atoms with E-state index >= 15 is 9.59 Å². The number of ether oxygens (including phenoxy) is 2. The maximum absolute atomic E-state index is 15.3. The molecule has 3 saturated heterocycles. The number of fused-ring (bicyclic) bond motifs is 6. The van der Waals surface area contributed by atoms with Gasteiger partial charge in [-0.1, -0.05) is 23.3 Å². The summed E-state index contributed by atoms with van der Waals surface area (Å²) in [7, 11) is 1.74. The molecular weight excluding hydrogens is 814 g/mol. The fraction of sp³-hybridized carbons (Fsp3) is 0.340. The standard InChI is InChI=1S/C47H42ClN5O7S/c1-24-33-20-27(48)4-13-38(33)61-42(24)36-22-39(50(3)49-36)53-44(56)35-21-34-31(41(47(35,2)46(53)58)26-18-25-19-30(54)9-12-37(25)60-23-26)10-11-32-40(34)45(57)52(43(32)55)29-7-5-28(6-8-29)51-14-16-59-17-15-51/h4-10,12-13,19-20,22-23,32,34-35,40-41,54H,11,14-18,21H2,1-3H3/t32-,34+,35-,40-,41-,47+/m0/s1. The molecule has 6 aliphatic rings. The third-order valence-corrected chi connectivity index (χ3v) is 15.7.